The number of alkyl carbamates (subject to hydrolysis) is 1. The van der Waals surface area contributed by atoms with E-state index in [1.165, 1.54) is 5.69 Å². The highest BCUT2D eigenvalue weighted by Gasteiger charge is 2.19. The summed E-state index contributed by atoms with van der Waals surface area (Å²) in [6.45, 7) is 6.63. The number of hydrogen-bond acceptors (Lipinski definition) is 5. The van der Waals surface area contributed by atoms with Crippen LogP contribution in [0.25, 0.3) is 0 Å². The molecule has 1 amide bonds. The number of hydrogen-bond donors (Lipinski definition) is 1. The molecule has 0 saturated carbocycles. The van der Waals surface area contributed by atoms with E-state index in [9.17, 15) is 4.79 Å². The predicted molar refractivity (Wildman–Crippen MR) is 87.8 cm³/mol. The molecule has 0 unspecified atom stereocenters. The van der Waals surface area contributed by atoms with Gasteiger partial charge in [0.25, 0.3) is 0 Å². The SMILES string of the molecule is CC(C)(C)OC(=O)NCCCOc1ccc(N2CS2)cc1.[HH]. The van der Waals surface area contributed by atoms with E-state index in [0.29, 0.717) is 13.2 Å². The number of anilines is 1. The van der Waals surface area contributed by atoms with Gasteiger partial charge in [-0.05, 0) is 63.4 Å². The molecule has 0 aromatic heterocycles. The van der Waals surface area contributed by atoms with Crippen LogP contribution in [0.2, 0.25) is 0 Å². The van der Waals surface area contributed by atoms with Crippen LogP contribution in [-0.2, 0) is 4.74 Å². The van der Waals surface area contributed by atoms with E-state index in [2.05, 4.69) is 9.62 Å². The van der Waals surface area contributed by atoms with Crippen molar-refractivity contribution in [2.24, 2.45) is 0 Å². The highest BCUT2D eigenvalue weighted by atomic mass is 32.2. The van der Waals surface area contributed by atoms with Crippen LogP contribution in [0.1, 0.15) is 28.6 Å². The van der Waals surface area contributed by atoms with E-state index in [0.717, 1.165) is 18.0 Å². The number of amides is 1. The maximum atomic E-state index is 11.4. The average Bonchev–Trinajstić information content (AvgIpc) is 3.21. The summed E-state index contributed by atoms with van der Waals surface area (Å²) in [7, 11) is 0. The molecule has 21 heavy (non-hydrogen) atoms. The van der Waals surface area contributed by atoms with Gasteiger partial charge in [-0.1, -0.05) is 0 Å². The Morgan fingerprint density at radius 2 is 2.05 bits per heavy atom. The van der Waals surface area contributed by atoms with Crippen LogP contribution >= 0.6 is 11.9 Å². The first-order valence-electron chi connectivity index (χ1n) is 7.04. The molecule has 1 aliphatic heterocycles. The zero-order chi connectivity index (χ0) is 15.3. The van der Waals surface area contributed by atoms with Gasteiger partial charge in [-0.2, -0.15) is 0 Å². The Balaban J connectivity index is 0.00000242. The van der Waals surface area contributed by atoms with Crippen molar-refractivity contribution in [2.75, 3.05) is 23.3 Å². The number of benzene rings is 1. The van der Waals surface area contributed by atoms with Crippen molar-refractivity contribution < 1.29 is 15.7 Å². The third-order valence-corrected chi connectivity index (χ3v) is 3.37. The Hall–Kier alpha value is -1.56. The lowest BCUT2D eigenvalue weighted by atomic mass is 10.2. The molecule has 1 saturated heterocycles. The topological polar surface area (TPSA) is 50.6 Å². The van der Waals surface area contributed by atoms with Crippen molar-refractivity contribution in [1.82, 2.24) is 5.32 Å². The maximum absolute atomic E-state index is 11.4. The van der Waals surface area contributed by atoms with Gasteiger partial charge >= 0.3 is 6.09 Å². The summed E-state index contributed by atoms with van der Waals surface area (Å²) >= 11 is 1.80. The minimum Gasteiger partial charge on any atom is -0.494 e. The number of carbonyl (C=O) groups excluding carboxylic acids is 1. The van der Waals surface area contributed by atoms with Crippen molar-refractivity contribution in [3.63, 3.8) is 0 Å². The van der Waals surface area contributed by atoms with Gasteiger partial charge < -0.3 is 19.1 Å². The van der Waals surface area contributed by atoms with Gasteiger partial charge in [0.1, 0.15) is 11.4 Å². The van der Waals surface area contributed by atoms with Gasteiger partial charge in [-0.3, -0.25) is 0 Å². The molecule has 0 spiro atoms. The van der Waals surface area contributed by atoms with Crippen molar-refractivity contribution >= 4 is 23.7 Å². The largest absolute Gasteiger partial charge is 0.494 e. The summed E-state index contributed by atoms with van der Waals surface area (Å²) in [4.78, 5) is 11.4. The van der Waals surface area contributed by atoms with E-state index in [1.807, 2.05) is 45.0 Å². The Kier molecular flexibility index (Phi) is 5.22. The van der Waals surface area contributed by atoms with Crippen molar-refractivity contribution in [1.29, 1.82) is 0 Å². The molecule has 1 N–H and O–H groups in total. The fourth-order valence-corrected chi connectivity index (χ4v) is 2.13. The van der Waals surface area contributed by atoms with E-state index in [-0.39, 0.29) is 7.52 Å². The molecule has 0 bridgehead atoms. The third-order valence-electron chi connectivity index (χ3n) is 2.64. The zero-order valence-corrected chi connectivity index (χ0v) is 13.5. The number of rotatable bonds is 6. The third kappa shape index (κ3) is 6.16. The molecule has 2 rings (SSSR count). The fraction of sp³-hybridized carbons (Fsp3) is 0.533. The molecule has 1 aliphatic rings. The Bertz CT molecular complexity index is 473. The second-order valence-electron chi connectivity index (χ2n) is 5.76. The van der Waals surface area contributed by atoms with Crippen LogP contribution in [0.3, 0.4) is 0 Å². The summed E-state index contributed by atoms with van der Waals surface area (Å²) in [5.74, 6) is 1.92. The smallest absolute Gasteiger partial charge is 0.407 e. The zero-order valence-electron chi connectivity index (χ0n) is 12.7. The monoisotopic (exact) mass is 312 g/mol. The van der Waals surface area contributed by atoms with Crippen LogP contribution in [0.4, 0.5) is 10.5 Å². The molecular weight excluding hydrogens is 288 g/mol. The van der Waals surface area contributed by atoms with Gasteiger partial charge in [0.2, 0.25) is 0 Å². The van der Waals surface area contributed by atoms with Gasteiger partial charge in [0.15, 0.2) is 0 Å². The summed E-state index contributed by atoms with van der Waals surface area (Å²) in [5.41, 5.74) is 0.747. The molecular formula is C15H24N2O3S. The summed E-state index contributed by atoms with van der Waals surface area (Å²) in [5, 5.41) is 2.71. The first-order valence-corrected chi connectivity index (χ1v) is 7.98. The molecule has 1 fully saturated rings. The summed E-state index contributed by atoms with van der Waals surface area (Å²) in [6, 6.07) is 8.04. The fourth-order valence-electron chi connectivity index (χ4n) is 1.65. The number of nitrogens with one attached hydrogen (secondary N) is 1. The molecule has 1 aromatic carbocycles. The lowest BCUT2D eigenvalue weighted by molar-refractivity contribution is 0.0525. The summed E-state index contributed by atoms with van der Waals surface area (Å²) < 4.78 is 13.0. The maximum Gasteiger partial charge on any atom is 0.407 e. The molecule has 6 heteroatoms. The molecule has 0 radical (unpaired) electrons. The predicted octanol–water partition coefficient (Wildman–Crippen LogP) is 3.65. The van der Waals surface area contributed by atoms with Gasteiger partial charge in [-0.25, -0.2) is 4.79 Å². The summed E-state index contributed by atoms with van der Waals surface area (Å²) in [6.07, 6.45) is 0.353. The second-order valence-corrected chi connectivity index (χ2v) is 6.72. The van der Waals surface area contributed by atoms with Crippen LogP contribution < -0.4 is 14.4 Å². The Labute approximate surface area is 131 Å². The normalized spacial score (nSPS) is 13.8. The minimum atomic E-state index is -0.460. The lowest BCUT2D eigenvalue weighted by Crippen LogP contribution is -2.33. The van der Waals surface area contributed by atoms with Gasteiger partial charge in [0, 0.05) is 13.7 Å². The number of ether oxygens (including phenoxy) is 2. The van der Waals surface area contributed by atoms with E-state index >= 15 is 0 Å². The quantitative estimate of drug-likeness (QED) is 0.493. The Morgan fingerprint density at radius 3 is 2.62 bits per heavy atom. The van der Waals surface area contributed by atoms with Crippen LogP contribution in [0, 0.1) is 0 Å². The lowest BCUT2D eigenvalue weighted by Gasteiger charge is -2.19. The van der Waals surface area contributed by atoms with Crippen molar-refractivity contribution in [2.45, 2.75) is 32.8 Å². The minimum absolute atomic E-state index is 0. The van der Waals surface area contributed by atoms with Crippen molar-refractivity contribution in [3.8, 4) is 5.75 Å². The molecule has 0 atom stereocenters. The van der Waals surface area contributed by atoms with Crippen LogP contribution in [0.15, 0.2) is 24.3 Å². The van der Waals surface area contributed by atoms with Crippen LogP contribution in [-0.4, -0.2) is 30.7 Å². The molecule has 1 aromatic rings. The van der Waals surface area contributed by atoms with Gasteiger partial charge in [0.05, 0.1) is 12.5 Å². The van der Waals surface area contributed by atoms with Crippen LogP contribution in [0.5, 0.6) is 5.75 Å². The number of carbonyl (C=O) groups is 1. The highest BCUT2D eigenvalue weighted by molar-refractivity contribution is 8.07. The first kappa shape index (κ1) is 15.8. The van der Waals surface area contributed by atoms with E-state index < -0.39 is 5.60 Å². The van der Waals surface area contributed by atoms with Gasteiger partial charge in [-0.15, -0.1) is 0 Å². The van der Waals surface area contributed by atoms with E-state index in [1.54, 1.807) is 11.9 Å². The number of nitrogens with zero attached hydrogens (tertiary/aromatic N) is 1. The highest BCUT2D eigenvalue weighted by Crippen LogP contribution is 2.36. The standard InChI is InChI=1S/C15H22N2O3S.H2/c1-15(2,3)20-14(18)16-9-4-10-19-13-7-5-12(6-8-13)17-11-21-17;/h5-8H,4,9-11H2,1-3H3,(H,16,18);1H. The second kappa shape index (κ2) is 6.93. The first-order chi connectivity index (χ1) is 9.94. The van der Waals surface area contributed by atoms with Crippen molar-refractivity contribution in [3.05, 3.63) is 24.3 Å². The molecule has 118 valence electrons. The molecule has 1 heterocycles. The Morgan fingerprint density at radius 1 is 1.38 bits per heavy atom. The average molecular weight is 312 g/mol. The molecule has 5 nitrogen and oxygen atoms in total. The van der Waals surface area contributed by atoms with E-state index in [4.69, 9.17) is 9.47 Å². The molecule has 0 aliphatic carbocycles.